The molecule has 3 N–H and O–H groups in total. The number of hydrogen-bond donors (Lipinski definition) is 2. The molecule has 9 nitrogen and oxygen atoms in total. The predicted octanol–water partition coefficient (Wildman–Crippen LogP) is 3.96. The van der Waals surface area contributed by atoms with Crippen LogP contribution in [-0.2, 0) is 0 Å². The van der Waals surface area contributed by atoms with E-state index in [-0.39, 0.29) is 17.4 Å². The largest absolute Gasteiger partial charge is 0.433 e. The molecule has 0 saturated carbocycles. The lowest BCUT2D eigenvalue weighted by atomic mass is 10.1. The van der Waals surface area contributed by atoms with Crippen molar-refractivity contribution in [1.82, 2.24) is 20.0 Å². The molecule has 34 heavy (non-hydrogen) atoms. The quantitative estimate of drug-likeness (QED) is 0.408. The molecule has 4 aromatic rings. The molecule has 2 aromatic heterocycles. The number of piperazine rings is 1. The van der Waals surface area contributed by atoms with E-state index in [2.05, 4.69) is 30.2 Å². The van der Waals surface area contributed by atoms with Crippen molar-refractivity contribution >= 4 is 34.0 Å². The average molecular weight is 467 g/mol. The van der Waals surface area contributed by atoms with E-state index in [1.54, 1.807) is 18.3 Å². The standard InChI is InChI=1S/C23H23F2N7O2/c1-31-8-10-32(11-9-31)18-13-20(33-22(24)25)17(12-15(18)26)29-23-27-7-6-16(28-23)21-14-4-2-3-5-19(14)34-30-21/h2-7,12-13,22H,8-11,26H2,1H3,(H,27,28,29). The van der Waals surface area contributed by atoms with Crippen molar-refractivity contribution in [2.75, 3.05) is 49.2 Å². The Morgan fingerprint density at radius 1 is 1.12 bits per heavy atom. The third-order valence-electron chi connectivity index (χ3n) is 5.71. The van der Waals surface area contributed by atoms with Gasteiger partial charge in [0.1, 0.15) is 5.69 Å². The number of anilines is 4. The number of rotatable bonds is 6. The number of nitrogens with one attached hydrogen (secondary N) is 1. The molecule has 0 amide bonds. The number of halogens is 2. The fourth-order valence-electron chi connectivity index (χ4n) is 3.94. The van der Waals surface area contributed by atoms with Crippen LogP contribution in [0.25, 0.3) is 22.4 Å². The van der Waals surface area contributed by atoms with Gasteiger partial charge in [-0.15, -0.1) is 0 Å². The van der Waals surface area contributed by atoms with Crippen molar-refractivity contribution < 1.29 is 18.0 Å². The van der Waals surface area contributed by atoms with Gasteiger partial charge in [-0.2, -0.15) is 8.78 Å². The molecule has 3 heterocycles. The molecule has 0 aliphatic carbocycles. The van der Waals surface area contributed by atoms with E-state index in [1.165, 1.54) is 6.07 Å². The van der Waals surface area contributed by atoms with Gasteiger partial charge in [0, 0.05) is 38.4 Å². The molecule has 0 unspecified atom stereocenters. The molecule has 1 aliphatic heterocycles. The number of aromatic nitrogens is 3. The Hall–Kier alpha value is -3.99. The number of para-hydroxylation sites is 1. The van der Waals surface area contributed by atoms with Gasteiger partial charge in [-0.05, 0) is 31.3 Å². The highest BCUT2D eigenvalue weighted by molar-refractivity contribution is 5.90. The first kappa shape index (κ1) is 21.8. The molecule has 0 bridgehead atoms. The SMILES string of the molecule is CN1CCN(c2cc(OC(F)F)c(Nc3nccc(-c4noc5ccccc45)n3)cc2N)CC1. The number of nitrogens with zero attached hydrogens (tertiary/aromatic N) is 5. The van der Waals surface area contributed by atoms with Crippen LogP contribution >= 0.6 is 0 Å². The van der Waals surface area contributed by atoms with Crippen LogP contribution in [-0.4, -0.2) is 59.9 Å². The van der Waals surface area contributed by atoms with Crippen LogP contribution in [0.2, 0.25) is 0 Å². The van der Waals surface area contributed by atoms with Crippen LogP contribution in [0, 0.1) is 0 Å². The van der Waals surface area contributed by atoms with Crippen molar-refractivity contribution in [2.45, 2.75) is 6.61 Å². The summed E-state index contributed by atoms with van der Waals surface area (Å²) in [5.41, 5.74) is 9.33. The minimum absolute atomic E-state index is 0.0426. The third-order valence-corrected chi connectivity index (χ3v) is 5.71. The first-order valence-electron chi connectivity index (χ1n) is 10.7. The zero-order chi connectivity index (χ0) is 23.7. The lowest BCUT2D eigenvalue weighted by molar-refractivity contribution is -0.0493. The van der Waals surface area contributed by atoms with E-state index in [0.29, 0.717) is 28.3 Å². The number of nitrogens with two attached hydrogens (primary N) is 1. The van der Waals surface area contributed by atoms with E-state index >= 15 is 0 Å². The summed E-state index contributed by atoms with van der Waals surface area (Å²) >= 11 is 0. The summed E-state index contributed by atoms with van der Waals surface area (Å²) in [4.78, 5) is 13.0. The predicted molar refractivity (Wildman–Crippen MR) is 126 cm³/mol. The Bertz CT molecular complexity index is 1310. The fraction of sp³-hybridized carbons (Fsp3) is 0.261. The van der Waals surface area contributed by atoms with Crippen LogP contribution in [0.5, 0.6) is 5.75 Å². The first-order chi connectivity index (χ1) is 16.5. The second-order valence-corrected chi connectivity index (χ2v) is 7.99. The van der Waals surface area contributed by atoms with E-state index in [0.717, 1.165) is 31.6 Å². The van der Waals surface area contributed by atoms with E-state index < -0.39 is 6.61 Å². The maximum atomic E-state index is 13.2. The Morgan fingerprint density at radius 3 is 2.71 bits per heavy atom. The molecule has 0 radical (unpaired) electrons. The van der Waals surface area contributed by atoms with Gasteiger partial charge in [0.25, 0.3) is 0 Å². The summed E-state index contributed by atoms with van der Waals surface area (Å²) in [6.07, 6.45) is 1.55. The van der Waals surface area contributed by atoms with Gasteiger partial charge in [-0.25, -0.2) is 9.97 Å². The summed E-state index contributed by atoms with van der Waals surface area (Å²) < 4.78 is 36.6. The van der Waals surface area contributed by atoms with Crippen LogP contribution in [0.1, 0.15) is 0 Å². The van der Waals surface area contributed by atoms with E-state index in [9.17, 15) is 8.78 Å². The number of nitrogen functional groups attached to an aromatic ring is 1. The number of hydrogen-bond acceptors (Lipinski definition) is 9. The molecule has 176 valence electrons. The number of likely N-dealkylation sites (N-methyl/N-ethyl adjacent to an activating group) is 1. The summed E-state index contributed by atoms with van der Waals surface area (Å²) in [5, 5.41) is 7.87. The lowest BCUT2D eigenvalue weighted by Gasteiger charge is -2.35. The molecule has 11 heteroatoms. The Morgan fingerprint density at radius 2 is 1.91 bits per heavy atom. The molecule has 0 atom stereocenters. The van der Waals surface area contributed by atoms with Gasteiger partial charge < -0.3 is 30.1 Å². The van der Waals surface area contributed by atoms with Crippen LogP contribution in [0.15, 0.2) is 53.2 Å². The monoisotopic (exact) mass is 467 g/mol. The second-order valence-electron chi connectivity index (χ2n) is 7.99. The van der Waals surface area contributed by atoms with E-state index in [4.69, 9.17) is 15.0 Å². The van der Waals surface area contributed by atoms with Crippen molar-refractivity contribution in [3.63, 3.8) is 0 Å². The first-order valence-corrected chi connectivity index (χ1v) is 10.7. The van der Waals surface area contributed by atoms with Crippen molar-refractivity contribution in [3.8, 4) is 17.1 Å². The van der Waals surface area contributed by atoms with Gasteiger partial charge in [0.15, 0.2) is 11.3 Å². The number of benzene rings is 2. The minimum Gasteiger partial charge on any atom is -0.433 e. The van der Waals surface area contributed by atoms with Crippen LogP contribution in [0.4, 0.5) is 31.8 Å². The maximum Gasteiger partial charge on any atom is 0.387 e. The van der Waals surface area contributed by atoms with Gasteiger partial charge in [0.2, 0.25) is 5.95 Å². The molecule has 1 aliphatic rings. The fourth-order valence-corrected chi connectivity index (χ4v) is 3.94. The maximum absolute atomic E-state index is 13.2. The third kappa shape index (κ3) is 4.42. The molecule has 1 saturated heterocycles. The highest BCUT2D eigenvalue weighted by Crippen LogP contribution is 2.38. The minimum atomic E-state index is -3.00. The number of ether oxygens (including phenoxy) is 1. The smallest absolute Gasteiger partial charge is 0.387 e. The molecule has 5 rings (SSSR count). The highest BCUT2D eigenvalue weighted by Gasteiger charge is 2.21. The summed E-state index contributed by atoms with van der Waals surface area (Å²) in [7, 11) is 2.04. The highest BCUT2D eigenvalue weighted by atomic mass is 19.3. The van der Waals surface area contributed by atoms with Crippen LogP contribution < -0.4 is 20.7 Å². The van der Waals surface area contributed by atoms with Crippen LogP contribution in [0.3, 0.4) is 0 Å². The topological polar surface area (TPSA) is 106 Å². The molecule has 1 fully saturated rings. The normalized spacial score (nSPS) is 14.6. The summed E-state index contributed by atoms with van der Waals surface area (Å²) in [5.74, 6) is 0.134. The van der Waals surface area contributed by atoms with Crippen molar-refractivity contribution in [1.29, 1.82) is 0 Å². The van der Waals surface area contributed by atoms with Gasteiger partial charge in [0.05, 0.1) is 28.1 Å². The Balaban J connectivity index is 1.47. The van der Waals surface area contributed by atoms with Crippen molar-refractivity contribution in [2.24, 2.45) is 0 Å². The molecule has 0 spiro atoms. The second kappa shape index (κ2) is 9.10. The van der Waals surface area contributed by atoms with E-state index in [1.807, 2.05) is 31.3 Å². The molecule has 2 aromatic carbocycles. The Labute approximate surface area is 194 Å². The van der Waals surface area contributed by atoms with Gasteiger partial charge in [-0.1, -0.05) is 17.3 Å². The molecular formula is C23H23F2N7O2. The van der Waals surface area contributed by atoms with Gasteiger partial charge in [-0.3, -0.25) is 0 Å². The lowest BCUT2D eigenvalue weighted by Crippen LogP contribution is -2.44. The number of alkyl halides is 2. The number of fused-ring (bicyclic) bond motifs is 1. The van der Waals surface area contributed by atoms with Crippen molar-refractivity contribution in [3.05, 3.63) is 48.7 Å². The summed E-state index contributed by atoms with van der Waals surface area (Å²) in [6.45, 7) is 0.166. The molecular weight excluding hydrogens is 444 g/mol. The van der Waals surface area contributed by atoms with Gasteiger partial charge >= 0.3 is 6.61 Å². The summed E-state index contributed by atoms with van der Waals surface area (Å²) in [6, 6.07) is 12.2. The zero-order valence-corrected chi connectivity index (χ0v) is 18.4. The Kier molecular flexibility index (Phi) is 5.84. The average Bonchev–Trinajstić information content (AvgIpc) is 3.26. The zero-order valence-electron chi connectivity index (χ0n) is 18.4.